The van der Waals surface area contributed by atoms with E-state index in [9.17, 15) is 20.1 Å². The zero-order valence-electron chi connectivity index (χ0n) is 15.2. The van der Waals surface area contributed by atoms with Crippen molar-refractivity contribution in [2.45, 2.75) is 18.4 Å². The van der Waals surface area contributed by atoms with Crippen LogP contribution < -0.4 is 5.43 Å². The molecule has 2 unspecified atom stereocenters. The second-order valence-corrected chi connectivity index (χ2v) is 8.39. The van der Waals surface area contributed by atoms with Gasteiger partial charge in [0, 0.05) is 38.8 Å². The van der Waals surface area contributed by atoms with Crippen molar-refractivity contribution in [3.8, 4) is 22.8 Å². The number of hydrogen-bond donors (Lipinski definition) is 3. The van der Waals surface area contributed by atoms with E-state index in [2.05, 4.69) is 22.6 Å². The molecular weight excluding hydrogens is 473 g/mol. The summed E-state index contributed by atoms with van der Waals surface area (Å²) in [4.78, 5) is 14.8. The van der Waals surface area contributed by atoms with Gasteiger partial charge in [-0.2, -0.15) is 0 Å². The molecule has 1 fully saturated rings. The molecule has 3 N–H and O–H groups in total. The number of hydrogen-bond acceptors (Lipinski definition) is 6. The molecule has 146 valence electrons. The van der Waals surface area contributed by atoms with Gasteiger partial charge in [0.1, 0.15) is 28.2 Å². The third-order valence-corrected chi connectivity index (χ3v) is 6.16. The average Bonchev–Trinajstić information content (AvgIpc) is 3.01. The maximum absolute atomic E-state index is 12.8. The molecule has 3 aromatic rings. The summed E-state index contributed by atoms with van der Waals surface area (Å²) in [6, 6.07) is 9.89. The fourth-order valence-corrected chi connectivity index (χ4v) is 4.62. The summed E-state index contributed by atoms with van der Waals surface area (Å²) in [5.74, 6) is -0.292. The lowest BCUT2D eigenvalue weighted by Crippen LogP contribution is -2.32. The highest BCUT2D eigenvalue weighted by molar-refractivity contribution is 14.1. The summed E-state index contributed by atoms with van der Waals surface area (Å²) < 4.78 is 7.09. The van der Waals surface area contributed by atoms with E-state index in [4.69, 9.17) is 4.42 Å². The Labute approximate surface area is 175 Å². The molecule has 1 saturated heterocycles. The summed E-state index contributed by atoms with van der Waals surface area (Å²) in [6.45, 7) is 0.669. The number of aliphatic hydroxyl groups excluding tert-OH is 1. The second kappa shape index (κ2) is 7.38. The van der Waals surface area contributed by atoms with Crippen LogP contribution in [-0.2, 0) is 0 Å². The van der Waals surface area contributed by atoms with Crippen molar-refractivity contribution in [2.75, 3.05) is 20.2 Å². The Hall–Kier alpha value is -2.10. The number of phenolic OH excluding ortho intramolecular Hbond substituents is 2. The van der Waals surface area contributed by atoms with Crippen LogP contribution in [0.25, 0.3) is 22.3 Å². The molecule has 0 amide bonds. The van der Waals surface area contributed by atoms with Crippen molar-refractivity contribution in [3.63, 3.8) is 0 Å². The number of benzene rings is 2. The Kier molecular flexibility index (Phi) is 5.07. The monoisotopic (exact) mass is 493 g/mol. The molecule has 1 aliphatic heterocycles. The molecule has 2 heterocycles. The first kappa shape index (κ1) is 19.2. The molecule has 0 bridgehead atoms. The van der Waals surface area contributed by atoms with E-state index < -0.39 is 0 Å². The van der Waals surface area contributed by atoms with E-state index >= 15 is 0 Å². The first-order valence-electron chi connectivity index (χ1n) is 9.00. The molecule has 1 aliphatic rings. The lowest BCUT2D eigenvalue weighted by molar-refractivity contribution is 0.172. The van der Waals surface area contributed by atoms with Crippen molar-refractivity contribution < 1.29 is 19.7 Å². The largest absolute Gasteiger partial charge is 0.507 e. The number of aromatic hydroxyl groups is 2. The molecule has 0 radical (unpaired) electrons. The summed E-state index contributed by atoms with van der Waals surface area (Å²) in [6.07, 6.45) is 0.701. The van der Waals surface area contributed by atoms with E-state index in [1.807, 2.05) is 36.2 Å². The number of nitrogens with zero attached hydrogens (tertiary/aromatic N) is 1. The third kappa shape index (κ3) is 3.17. The van der Waals surface area contributed by atoms with Crippen molar-refractivity contribution in [2.24, 2.45) is 0 Å². The maximum Gasteiger partial charge on any atom is 0.197 e. The Morgan fingerprint density at radius 3 is 2.71 bits per heavy atom. The first-order chi connectivity index (χ1) is 13.4. The summed E-state index contributed by atoms with van der Waals surface area (Å²) in [5.41, 5.74) is 1.00. The van der Waals surface area contributed by atoms with Crippen LogP contribution in [0, 0.1) is 3.57 Å². The number of rotatable bonds is 3. The minimum absolute atomic E-state index is 0.0495. The minimum Gasteiger partial charge on any atom is -0.507 e. The molecule has 4 rings (SSSR count). The first-order valence-corrected chi connectivity index (χ1v) is 10.1. The highest BCUT2D eigenvalue weighted by Gasteiger charge is 2.36. The number of fused-ring (bicyclic) bond motifs is 1. The maximum atomic E-state index is 12.8. The summed E-state index contributed by atoms with van der Waals surface area (Å²) in [5, 5.41) is 30.8. The second-order valence-electron chi connectivity index (χ2n) is 7.14. The van der Waals surface area contributed by atoms with Crippen LogP contribution in [0.2, 0.25) is 0 Å². The van der Waals surface area contributed by atoms with Gasteiger partial charge in [0.25, 0.3) is 0 Å². The molecular formula is C21H20INO5. The Bertz CT molecular complexity index is 1110. The predicted octanol–water partition coefficient (Wildman–Crippen LogP) is 3.26. The van der Waals surface area contributed by atoms with Crippen LogP contribution in [0.3, 0.4) is 0 Å². The Balaban J connectivity index is 2.01. The highest BCUT2D eigenvalue weighted by atomic mass is 127. The molecule has 2 atom stereocenters. The quantitative estimate of drug-likeness (QED) is 0.486. The lowest BCUT2D eigenvalue weighted by atomic mass is 9.89. The minimum atomic E-state index is -0.374. The predicted molar refractivity (Wildman–Crippen MR) is 115 cm³/mol. The van der Waals surface area contributed by atoms with E-state index in [1.165, 1.54) is 12.1 Å². The Morgan fingerprint density at radius 1 is 1.21 bits per heavy atom. The van der Waals surface area contributed by atoms with Gasteiger partial charge in [0.15, 0.2) is 5.43 Å². The van der Waals surface area contributed by atoms with Crippen molar-refractivity contribution >= 4 is 33.6 Å². The molecule has 28 heavy (non-hydrogen) atoms. The third-order valence-electron chi connectivity index (χ3n) is 5.49. The molecule has 0 spiro atoms. The van der Waals surface area contributed by atoms with Gasteiger partial charge < -0.3 is 24.6 Å². The molecule has 2 aromatic carbocycles. The van der Waals surface area contributed by atoms with E-state index in [0.717, 1.165) is 15.7 Å². The lowest BCUT2D eigenvalue weighted by Gasteiger charge is -2.24. The molecule has 0 saturated carbocycles. The fraction of sp³-hybridized carbons (Fsp3) is 0.286. The zero-order chi connectivity index (χ0) is 20.0. The van der Waals surface area contributed by atoms with Gasteiger partial charge in [0.05, 0.1) is 6.61 Å². The van der Waals surface area contributed by atoms with Gasteiger partial charge >= 0.3 is 0 Å². The summed E-state index contributed by atoms with van der Waals surface area (Å²) >= 11 is 2.18. The molecule has 0 aliphatic carbocycles. The highest BCUT2D eigenvalue weighted by Crippen LogP contribution is 2.44. The van der Waals surface area contributed by atoms with Crippen LogP contribution in [0.1, 0.15) is 17.9 Å². The van der Waals surface area contributed by atoms with Crippen molar-refractivity contribution in [1.82, 2.24) is 4.90 Å². The van der Waals surface area contributed by atoms with Gasteiger partial charge in [-0.25, -0.2) is 0 Å². The molecule has 7 heteroatoms. The average molecular weight is 493 g/mol. The Morgan fingerprint density at radius 2 is 2.00 bits per heavy atom. The van der Waals surface area contributed by atoms with Crippen LogP contribution in [-0.4, -0.2) is 46.5 Å². The number of halogens is 1. The van der Waals surface area contributed by atoms with Gasteiger partial charge in [-0.05, 0) is 54.7 Å². The van der Waals surface area contributed by atoms with Gasteiger partial charge in [-0.1, -0.05) is 12.1 Å². The zero-order valence-corrected chi connectivity index (χ0v) is 17.4. The number of likely N-dealkylation sites (tertiary alicyclic amines) is 1. The van der Waals surface area contributed by atoms with Crippen LogP contribution >= 0.6 is 22.6 Å². The molecule has 1 aromatic heterocycles. The topological polar surface area (TPSA) is 94.1 Å². The number of likely N-dealkylation sites (N-methyl/N-ethyl adjacent to an activating group) is 1. The van der Waals surface area contributed by atoms with Crippen LogP contribution in [0.5, 0.6) is 11.5 Å². The smallest absolute Gasteiger partial charge is 0.197 e. The summed E-state index contributed by atoms with van der Waals surface area (Å²) in [7, 11) is 1.91. The fourth-order valence-electron chi connectivity index (χ4n) is 4.08. The standard InChI is InChI=1S/C21H20INO5/c1-23-6-5-13(14(23)10-24)19-15(25)8-16(26)20-17(27)9-18(28-21(19)20)11-3-2-4-12(22)7-11/h2-4,7-9,13-14,24-26H,5-6,10H2,1H3. The van der Waals surface area contributed by atoms with Crippen LogP contribution in [0.15, 0.2) is 45.6 Å². The molecule has 6 nitrogen and oxygen atoms in total. The van der Waals surface area contributed by atoms with Gasteiger partial charge in [-0.15, -0.1) is 0 Å². The van der Waals surface area contributed by atoms with E-state index in [0.29, 0.717) is 17.7 Å². The van der Waals surface area contributed by atoms with E-state index in [1.54, 1.807) is 0 Å². The van der Waals surface area contributed by atoms with E-state index in [-0.39, 0.29) is 46.5 Å². The SMILES string of the molecule is CN1CCC(c2c(O)cc(O)c3c(=O)cc(-c4cccc(I)c4)oc23)C1CO. The van der Waals surface area contributed by atoms with Crippen molar-refractivity contribution in [3.05, 3.63) is 55.8 Å². The van der Waals surface area contributed by atoms with Gasteiger partial charge in [-0.3, -0.25) is 4.79 Å². The van der Waals surface area contributed by atoms with Crippen molar-refractivity contribution in [1.29, 1.82) is 0 Å². The van der Waals surface area contributed by atoms with Gasteiger partial charge in [0.2, 0.25) is 0 Å². The number of phenols is 2. The normalized spacial score (nSPS) is 20.1. The number of aliphatic hydroxyl groups is 1. The van der Waals surface area contributed by atoms with Crippen LogP contribution in [0.4, 0.5) is 0 Å².